The lowest BCUT2D eigenvalue weighted by Crippen LogP contribution is -2.12. The number of benzene rings is 1. The molecule has 6 heteroatoms. The molecule has 122 valence electrons. The Morgan fingerprint density at radius 3 is 2.64 bits per heavy atom. The fourth-order valence-corrected chi connectivity index (χ4v) is 2.91. The first-order chi connectivity index (χ1) is 12.2. The summed E-state index contributed by atoms with van der Waals surface area (Å²) in [7, 11) is 0. The topological polar surface area (TPSA) is 70.7 Å². The number of aromatic nitrogens is 3. The lowest BCUT2D eigenvalue weighted by Gasteiger charge is -2.08. The molecule has 0 aliphatic carbocycles. The molecule has 25 heavy (non-hydrogen) atoms. The monoisotopic (exact) mass is 348 g/mol. The third-order valence-electron chi connectivity index (χ3n) is 3.89. The Bertz CT molecular complexity index is 1060. The molecule has 0 radical (unpaired) electrons. The third-order valence-corrected chi connectivity index (χ3v) is 4.13. The molecule has 0 atom stereocenters. The van der Waals surface area contributed by atoms with Crippen molar-refractivity contribution in [3.05, 3.63) is 77.8 Å². The molecule has 4 rings (SSSR count). The number of pyridine rings is 2. The second-order valence-electron chi connectivity index (χ2n) is 5.50. The van der Waals surface area contributed by atoms with Crippen LogP contribution in [0.2, 0.25) is 5.02 Å². The molecule has 0 saturated heterocycles. The molecule has 1 amide bonds. The maximum Gasteiger partial charge on any atom is 0.255 e. The summed E-state index contributed by atoms with van der Waals surface area (Å²) in [6, 6.07) is 12.5. The second-order valence-corrected chi connectivity index (χ2v) is 5.93. The highest BCUT2D eigenvalue weighted by Crippen LogP contribution is 2.34. The van der Waals surface area contributed by atoms with Gasteiger partial charge in [0.2, 0.25) is 0 Å². The van der Waals surface area contributed by atoms with Crippen molar-refractivity contribution in [3.8, 4) is 11.3 Å². The lowest BCUT2D eigenvalue weighted by atomic mass is 10.1. The van der Waals surface area contributed by atoms with Crippen LogP contribution in [0.4, 0.5) is 5.69 Å². The van der Waals surface area contributed by atoms with Crippen LogP contribution in [0.1, 0.15) is 10.4 Å². The van der Waals surface area contributed by atoms with Crippen molar-refractivity contribution >= 4 is 34.1 Å². The SMILES string of the molecule is O=C(Nc1c(-c2ccncc2)[nH]c2cnccc12)c1cccc(Cl)c1. The molecule has 0 aliphatic rings. The van der Waals surface area contributed by atoms with E-state index in [1.54, 1.807) is 49.1 Å². The molecule has 5 nitrogen and oxygen atoms in total. The fraction of sp³-hybridized carbons (Fsp3) is 0. The smallest absolute Gasteiger partial charge is 0.255 e. The van der Waals surface area contributed by atoms with Crippen molar-refractivity contribution in [1.29, 1.82) is 0 Å². The molecule has 0 aliphatic heterocycles. The van der Waals surface area contributed by atoms with Gasteiger partial charge in [0, 0.05) is 40.1 Å². The van der Waals surface area contributed by atoms with E-state index in [0.29, 0.717) is 16.3 Å². The van der Waals surface area contributed by atoms with Crippen molar-refractivity contribution in [3.63, 3.8) is 0 Å². The van der Waals surface area contributed by atoms with Gasteiger partial charge in [-0.05, 0) is 36.4 Å². The number of H-pyrrole nitrogens is 1. The Balaban J connectivity index is 1.81. The number of nitrogens with zero attached hydrogens (tertiary/aromatic N) is 2. The van der Waals surface area contributed by atoms with Crippen LogP contribution in [0, 0.1) is 0 Å². The summed E-state index contributed by atoms with van der Waals surface area (Å²) in [5.41, 5.74) is 3.77. The number of carbonyl (C=O) groups excluding carboxylic acids is 1. The fourth-order valence-electron chi connectivity index (χ4n) is 2.72. The molecule has 2 N–H and O–H groups in total. The predicted molar refractivity (Wildman–Crippen MR) is 98.7 cm³/mol. The number of rotatable bonds is 3. The zero-order valence-electron chi connectivity index (χ0n) is 13.0. The lowest BCUT2D eigenvalue weighted by molar-refractivity contribution is 0.102. The molecule has 0 saturated carbocycles. The Morgan fingerprint density at radius 1 is 1.04 bits per heavy atom. The first-order valence-corrected chi connectivity index (χ1v) is 8.03. The largest absolute Gasteiger partial charge is 0.352 e. The first-order valence-electron chi connectivity index (χ1n) is 7.65. The van der Waals surface area contributed by atoms with Crippen LogP contribution < -0.4 is 5.32 Å². The number of nitrogens with one attached hydrogen (secondary N) is 2. The van der Waals surface area contributed by atoms with Crippen molar-refractivity contribution < 1.29 is 4.79 Å². The molecule has 3 heterocycles. The number of hydrogen-bond donors (Lipinski definition) is 2. The molecule has 1 aromatic carbocycles. The number of anilines is 1. The molecule has 0 fully saturated rings. The van der Waals surface area contributed by atoms with Gasteiger partial charge in [0.25, 0.3) is 5.91 Å². The minimum atomic E-state index is -0.226. The number of aromatic amines is 1. The number of halogens is 1. The van der Waals surface area contributed by atoms with Crippen LogP contribution in [0.25, 0.3) is 22.2 Å². The Labute approximate surface area is 148 Å². The van der Waals surface area contributed by atoms with E-state index < -0.39 is 0 Å². The maximum atomic E-state index is 12.7. The van der Waals surface area contributed by atoms with Gasteiger partial charge in [-0.2, -0.15) is 0 Å². The summed E-state index contributed by atoms with van der Waals surface area (Å²) in [5.74, 6) is -0.226. The van der Waals surface area contributed by atoms with Gasteiger partial charge in [-0.3, -0.25) is 14.8 Å². The standard InChI is InChI=1S/C19H13ClN4O/c20-14-3-1-2-13(10-14)19(25)24-18-15-6-9-22-11-16(15)23-17(18)12-4-7-21-8-5-12/h1-11,23H,(H,24,25). The van der Waals surface area contributed by atoms with Gasteiger partial charge in [0.1, 0.15) is 0 Å². The van der Waals surface area contributed by atoms with E-state index in [1.807, 2.05) is 18.2 Å². The average molecular weight is 349 g/mol. The summed E-state index contributed by atoms with van der Waals surface area (Å²) in [5, 5.41) is 4.40. The highest BCUT2D eigenvalue weighted by molar-refractivity contribution is 6.31. The zero-order chi connectivity index (χ0) is 17.2. The summed E-state index contributed by atoms with van der Waals surface area (Å²) < 4.78 is 0. The molecule has 0 bridgehead atoms. The van der Waals surface area contributed by atoms with E-state index >= 15 is 0 Å². The van der Waals surface area contributed by atoms with Crippen LogP contribution in [-0.4, -0.2) is 20.9 Å². The minimum Gasteiger partial charge on any atom is -0.352 e. The number of amides is 1. The van der Waals surface area contributed by atoms with Gasteiger partial charge in [0.15, 0.2) is 0 Å². The molecule has 3 aromatic heterocycles. The van der Waals surface area contributed by atoms with Crippen LogP contribution in [-0.2, 0) is 0 Å². The van der Waals surface area contributed by atoms with E-state index in [-0.39, 0.29) is 5.91 Å². The van der Waals surface area contributed by atoms with Gasteiger partial charge >= 0.3 is 0 Å². The van der Waals surface area contributed by atoms with Crippen LogP contribution in [0.5, 0.6) is 0 Å². The van der Waals surface area contributed by atoms with E-state index in [2.05, 4.69) is 20.3 Å². The highest BCUT2D eigenvalue weighted by Gasteiger charge is 2.16. The Morgan fingerprint density at radius 2 is 1.84 bits per heavy atom. The number of fused-ring (bicyclic) bond motifs is 1. The molecule has 4 aromatic rings. The molecule has 0 unspecified atom stereocenters. The number of carbonyl (C=O) groups is 1. The molecular weight excluding hydrogens is 336 g/mol. The molecule has 0 spiro atoms. The van der Waals surface area contributed by atoms with Crippen LogP contribution in [0.3, 0.4) is 0 Å². The first kappa shape index (κ1) is 15.4. The Kier molecular flexibility index (Phi) is 3.91. The van der Waals surface area contributed by atoms with E-state index in [9.17, 15) is 4.79 Å². The predicted octanol–water partition coefficient (Wildman–Crippen LogP) is 4.53. The van der Waals surface area contributed by atoms with Crippen LogP contribution >= 0.6 is 11.6 Å². The van der Waals surface area contributed by atoms with Gasteiger partial charge in [-0.15, -0.1) is 0 Å². The number of hydrogen-bond acceptors (Lipinski definition) is 3. The van der Waals surface area contributed by atoms with Crippen molar-refractivity contribution in [2.24, 2.45) is 0 Å². The summed E-state index contributed by atoms with van der Waals surface area (Å²) in [6.45, 7) is 0. The van der Waals surface area contributed by atoms with Gasteiger partial charge in [-0.1, -0.05) is 17.7 Å². The second kappa shape index (κ2) is 6.37. The third kappa shape index (κ3) is 2.97. The molecular formula is C19H13ClN4O. The van der Waals surface area contributed by atoms with Gasteiger partial charge in [-0.25, -0.2) is 0 Å². The maximum absolute atomic E-state index is 12.7. The van der Waals surface area contributed by atoms with E-state index in [4.69, 9.17) is 11.6 Å². The van der Waals surface area contributed by atoms with Gasteiger partial charge in [0.05, 0.1) is 23.1 Å². The van der Waals surface area contributed by atoms with E-state index in [0.717, 1.165) is 22.2 Å². The summed E-state index contributed by atoms with van der Waals surface area (Å²) in [6.07, 6.45) is 6.85. The van der Waals surface area contributed by atoms with Gasteiger partial charge < -0.3 is 10.3 Å². The highest BCUT2D eigenvalue weighted by atomic mass is 35.5. The van der Waals surface area contributed by atoms with Crippen LogP contribution in [0.15, 0.2) is 67.3 Å². The van der Waals surface area contributed by atoms with Crippen molar-refractivity contribution in [2.75, 3.05) is 5.32 Å². The summed E-state index contributed by atoms with van der Waals surface area (Å²) in [4.78, 5) is 24.2. The normalized spacial score (nSPS) is 10.8. The Hall–Kier alpha value is -3.18. The zero-order valence-corrected chi connectivity index (χ0v) is 13.8. The van der Waals surface area contributed by atoms with Crippen molar-refractivity contribution in [1.82, 2.24) is 15.0 Å². The van der Waals surface area contributed by atoms with E-state index in [1.165, 1.54) is 0 Å². The summed E-state index contributed by atoms with van der Waals surface area (Å²) >= 11 is 5.99. The van der Waals surface area contributed by atoms with Crippen molar-refractivity contribution in [2.45, 2.75) is 0 Å². The minimum absolute atomic E-state index is 0.226. The quantitative estimate of drug-likeness (QED) is 0.571. The average Bonchev–Trinajstić information content (AvgIpc) is 3.01.